The molecule has 4 heterocycles. The predicted octanol–water partition coefficient (Wildman–Crippen LogP) is 10.6. The van der Waals surface area contributed by atoms with Crippen molar-refractivity contribution in [1.82, 2.24) is 34.2 Å². The van der Waals surface area contributed by atoms with Crippen molar-refractivity contribution in [1.29, 1.82) is 0 Å². The number of fused-ring (bicyclic) bond motifs is 2. The van der Waals surface area contributed by atoms with Crippen molar-refractivity contribution in [2.24, 2.45) is 0 Å². The number of hydrogen-bond acceptors (Lipinski definition) is 7. The minimum atomic E-state index is -1.19. The Bertz CT molecular complexity index is 2600. The molecular formula is C47H46ClN7O2Si. The van der Waals surface area contributed by atoms with Gasteiger partial charge >= 0.3 is 0 Å². The molecule has 0 saturated carbocycles. The Balaban J connectivity index is 0.950. The average Bonchev–Trinajstić information content (AvgIpc) is 3.70. The lowest BCUT2D eigenvalue weighted by molar-refractivity contribution is 0.0885. The van der Waals surface area contributed by atoms with Crippen LogP contribution in [0, 0.1) is 6.92 Å². The number of ether oxygens (including phenoxy) is 2. The summed E-state index contributed by atoms with van der Waals surface area (Å²) in [6, 6.07) is 43.4. The monoisotopic (exact) mass is 803 g/mol. The van der Waals surface area contributed by atoms with Gasteiger partial charge in [0.1, 0.15) is 34.6 Å². The van der Waals surface area contributed by atoms with Gasteiger partial charge in [-0.25, -0.2) is 9.97 Å². The van der Waals surface area contributed by atoms with Gasteiger partial charge in [-0.1, -0.05) is 122 Å². The third-order valence-electron chi connectivity index (χ3n) is 11.0. The summed E-state index contributed by atoms with van der Waals surface area (Å²) < 4.78 is 16.6. The summed E-state index contributed by atoms with van der Waals surface area (Å²) in [4.78, 5) is 17.0. The topological polar surface area (TPSA) is 82.9 Å². The van der Waals surface area contributed by atoms with Gasteiger partial charge in [0.2, 0.25) is 0 Å². The molecule has 9 rings (SSSR count). The van der Waals surface area contributed by atoms with E-state index in [0.29, 0.717) is 40.0 Å². The summed E-state index contributed by atoms with van der Waals surface area (Å²) in [6.07, 6.45) is 5.67. The van der Waals surface area contributed by atoms with E-state index >= 15 is 0 Å². The summed E-state index contributed by atoms with van der Waals surface area (Å²) in [7, 11) is -1.19. The SMILES string of the molecule is Cc1nc2ccc(Oc3ccc4ncc(-c5cnn(CC6CN6C(c6ccccc6)(c6ccccc6)c6ccccc6)c5)nc4c3Cl)cc2n1COCC[Si](C)(C)C. The van der Waals surface area contributed by atoms with Gasteiger partial charge in [-0.2, -0.15) is 5.10 Å². The molecule has 2 unspecified atom stereocenters. The van der Waals surface area contributed by atoms with Crippen LogP contribution in [-0.2, 0) is 23.6 Å². The molecule has 0 radical (unpaired) electrons. The van der Waals surface area contributed by atoms with E-state index in [0.717, 1.165) is 48.2 Å². The van der Waals surface area contributed by atoms with Crippen LogP contribution < -0.4 is 4.74 Å². The standard InChI is InChI=1S/C47H46ClN7O2Si/c1-33-51-40-21-20-39(26-43(40)54(33)32-56-24-25-58(2,3)4)57-44-23-22-41-46(45(44)48)52-42(28-49-41)34-27-50-53(29-34)30-38-31-55(38)47(35-14-8-5-9-15-35,36-16-10-6-11-17-36)37-18-12-7-13-19-37/h5-23,26-29,38H,24-25,30-32H2,1-4H3. The normalized spacial score (nSPS) is 15.6. The molecular weight excluding hydrogens is 758 g/mol. The molecule has 1 aliphatic rings. The quantitative estimate of drug-likeness (QED) is 0.0468. The van der Waals surface area contributed by atoms with Crippen LogP contribution in [0.4, 0.5) is 0 Å². The van der Waals surface area contributed by atoms with E-state index in [2.05, 4.69) is 120 Å². The summed E-state index contributed by atoms with van der Waals surface area (Å²) >= 11 is 7.03. The highest BCUT2D eigenvalue weighted by molar-refractivity contribution is 6.76. The van der Waals surface area contributed by atoms with E-state index in [1.54, 1.807) is 6.20 Å². The molecule has 3 aromatic heterocycles. The van der Waals surface area contributed by atoms with E-state index < -0.39 is 13.6 Å². The van der Waals surface area contributed by atoms with Crippen LogP contribution in [0.1, 0.15) is 22.5 Å². The maximum Gasteiger partial charge on any atom is 0.148 e. The second-order valence-corrected chi connectivity index (χ2v) is 22.3. The highest BCUT2D eigenvalue weighted by atomic mass is 35.5. The van der Waals surface area contributed by atoms with Crippen molar-refractivity contribution in [3.8, 4) is 22.8 Å². The third-order valence-corrected chi connectivity index (χ3v) is 13.1. The first-order valence-corrected chi connectivity index (χ1v) is 23.9. The summed E-state index contributed by atoms with van der Waals surface area (Å²) in [5.74, 6) is 2.04. The number of benzene rings is 5. The maximum absolute atomic E-state index is 7.03. The molecule has 292 valence electrons. The smallest absolute Gasteiger partial charge is 0.148 e. The van der Waals surface area contributed by atoms with Gasteiger partial charge in [-0.05, 0) is 53.9 Å². The van der Waals surface area contributed by atoms with Crippen LogP contribution >= 0.6 is 11.6 Å². The molecule has 9 nitrogen and oxygen atoms in total. The van der Waals surface area contributed by atoms with Crippen LogP contribution in [0.3, 0.4) is 0 Å². The second kappa shape index (κ2) is 15.6. The van der Waals surface area contributed by atoms with Gasteiger partial charge in [-0.3, -0.25) is 14.6 Å². The molecule has 1 fully saturated rings. The van der Waals surface area contributed by atoms with Crippen molar-refractivity contribution in [3.05, 3.63) is 167 Å². The molecule has 1 aliphatic heterocycles. The second-order valence-electron chi connectivity index (χ2n) is 16.3. The first-order valence-electron chi connectivity index (χ1n) is 19.8. The number of rotatable bonds is 14. The lowest BCUT2D eigenvalue weighted by Crippen LogP contribution is -2.39. The largest absolute Gasteiger partial charge is 0.456 e. The third kappa shape index (κ3) is 7.44. The summed E-state index contributed by atoms with van der Waals surface area (Å²) in [5.41, 5.74) is 7.90. The van der Waals surface area contributed by atoms with Crippen LogP contribution in [-0.4, -0.2) is 61.5 Å². The molecule has 0 N–H and O–H groups in total. The zero-order valence-corrected chi connectivity index (χ0v) is 35.0. The van der Waals surface area contributed by atoms with Crippen molar-refractivity contribution in [3.63, 3.8) is 0 Å². The van der Waals surface area contributed by atoms with E-state index in [9.17, 15) is 0 Å². The van der Waals surface area contributed by atoms with E-state index in [-0.39, 0.29) is 6.04 Å². The first-order chi connectivity index (χ1) is 28.2. The van der Waals surface area contributed by atoms with Crippen LogP contribution in [0.5, 0.6) is 11.5 Å². The number of halogens is 1. The Morgan fingerprint density at radius 3 is 2.10 bits per heavy atom. The molecule has 0 amide bonds. The fourth-order valence-electron chi connectivity index (χ4n) is 7.95. The van der Waals surface area contributed by atoms with Gasteiger partial charge in [0.05, 0.1) is 46.7 Å². The van der Waals surface area contributed by atoms with E-state index in [1.807, 2.05) is 54.3 Å². The molecule has 0 aliphatic carbocycles. The lowest BCUT2D eigenvalue weighted by atomic mass is 9.76. The van der Waals surface area contributed by atoms with Gasteiger partial charge in [0, 0.05) is 45.1 Å². The van der Waals surface area contributed by atoms with Gasteiger partial charge < -0.3 is 14.0 Å². The van der Waals surface area contributed by atoms with Gasteiger partial charge in [-0.15, -0.1) is 0 Å². The average molecular weight is 804 g/mol. The Hall–Kier alpha value is -5.65. The van der Waals surface area contributed by atoms with Crippen molar-refractivity contribution >= 4 is 41.7 Å². The number of hydrogen-bond donors (Lipinski definition) is 0. The highest BCUT2D eigenvalue weighted by Crippen LogP contribution is 2.48. The van der Waals surface area contributed by atoms with Crippen molar-refractivity contribution < 1.29 is 9.47 Å². The maximum atomic E-state index is 7.03. The summed E-state index contributed by atoms with van der Waals surface area (Å²) in [5, 5.41) is 5.20. The molecule has 11 heteroatoms. The minimum absolute atomic E-state index is 0.259. The molecule has 1 saturated heterocycles. The minimum Gasteiger partial charge on any atom is -0.456 e. The molecule has 0 spiro atoms. The molecule has 58 heavy (non-hydrogen) atoms. The molecule has 0 bridgehead atoms. The number of nitrogens with zero attached hydrogens (tertiary/aromatic N) is 7. The first kappa shape index (κ1) is 37.9. The lowest BCUT2D eigenvalue weighted by Gasteiger charge is -2.38. The molecule has 8 aromatic rings. The zero-order valence-electron chi connectivity index (χ0n) is 33.2. The Kier molecular flexibility index (Phi) is 10.2. The van der Waals surface area contributed by atoms with Crippen LogP contribution in [0.2, 0.25) is 30.7 Å². The highest BCUT2D eigenvalue weighted by Gasteiger charge is 2.53. The Morgan fingerprint density at radius 2 is 1.45 bits per heavy atom. The Labute approximate surface area is 344 Å². The predicted molar refractivity (Wildman–Crippen MR) is 234 cm³/mol. The van der Waals surface area contributed by atoms with E-state index in [4.69, 9.17) is 41.1 Å². The number of aromatic nitrogens is 6. The zero-order chi connectivity index (χ0) is 39.9. The number of imidazole rings is 1. The van der Waals surface area contributed by atoms with Crippen molar-refractivity contribution in [2.75, 3.05) is 13.2 Å². The molecule has 5 aromatic carbocycles. The molecule has 2 atom stereocenters. The Morgan fingerprint density at radius 1 is 0.793 bits per heavy atom. The summed E-state index contributed by atoms with van der Waals surface area (Å²) in [6.45, 7) is 11.9. The fourth-order valence-corrected chi connectivity index (χ4v) is 8.95. The van der Waals surface area contributed by atoms with Gasteiger partial charge in [0.15, 0.2) is 0 Å². The van der Waals surface area contributed by atoms with Crippen molar-refractivity contribution in [2.45, 2.75) is 57.5 Å². The number of aryl methyl sites for hydroxylation is 1. The van der Waals surface area contributed by atoms with E-state index in [1.165, 1.54) is 16.7 Å². The van der Waals surface area contributed by atoms with Crippen LogP contribution in [0.25, 0.3) is 33.3 Å². The van der Waals surface area contributed by atoms with Crippen LogP contribution in [0.15, 0.2) is 140 Å². The van der Waals surface area contributed by atoms with Gasteiger partial charge in [0.25, 0.3) is 0 Å². The fraction of sp³-hybridized carbons (Fsp3) is 0.234.